The molecule has 0 unspecified atom stereocenters. The molecular formula is C15H28. The Balaban J connectivity index is 3.31. The molecule has 88 valence electrons. The van der Waals surface area contributed by atoms with E-state index in [2.05, 4.69) is 32.6 Å². The molecule has 0 heterocycles. The van der Waals surface area contributed by atoms with Crippen LogP contribution in [-0.4, -0.2) is 0 Å². The molecule has 0 aliphatic heterocycles. The van der Waals surface area contributed by atoms with Crippen molar-refractivity contribution in [3.05, 3.63) is 24.3 Å². The van der Waals surface area contributed by atoms with Crippen LogP contribution < -0.4 is 0 Å². The summed E-state index contributed by atoms with van der Waals surface area (Å²) in [4.78, 5) is 0. The van der Waals surface area contributed by atoms with Crippen LogP contribution in [0.15, 0.2) is 24.3 Å². The van der Waals surface area contributed by atoms with Gasteiger partial charge in [-0.2, -0.15) is 0 Å². The van der Waals surface area contributed by atoms with Crippen molar-refractivity contribution >= 4 is 0 Å². The zero-order valence-electron chi connectivity index (χ0n) is 10.7. The van der Waals surface area contributed by atoms with Crippen LogP contribution in [0.2, 0.25) is 0 Å². The predicted octanol–water partition coefficient (Wildman–Crippen LogP) is 5.65. The molecule has 0 heteroatoms. The van der Waals surface area contributed by atoms with Crippen LogP contribution in [0, 0.1) is 0 Å². The van der Waals surface area contributed by atoms with Gasteiger partial charge in [0.2, 0.25) is 0 Å². The number of hydrogen-bond donors (Lipinski definition) is 0. The van der Waals surface area contributed by atoms with E-state index in [4.69, 9.17) is 0 Å². The highest BCUT2D eigenvalue weighted by molar-refractivity contribution is 5.13. The Morgan fingerprint density at radius 3 is 2.27 bits per heavy atom. The summed E-state index contributed by atoms with van der Waals surface area (Å²) in [5.41, 5.74) is 1.31. The first-order valence-corrected chi connectivity index (χ1v) is 6.65. The van der Waals surface area contributed by atoms with Crippen LogP contribution in [-0.2, 0) is 0 Å². The highest BCUT2D eigenvalue weighted by Crippen LogP contribution is 2.10. The standard InChI is InChI=1S/C15H28/c1-4-6-8-10-12-14-15(3)13-11-9-7-5-2/h12,14H,3-11,13H2,1-2H3/b14-12+. The molecule has 0 fully saturated rings. The summed E-state index contributed by atoms with van der Waals surface area (Å²) in [6.07, 6.45) is 16.3. The second-order valence-electron chi connectivity index (χ2n) is 4.37. The molecule has 0 aromatic rings. The van der Waals surface area contributed by atoms with E-state index in [0.717, 1.165) is 0 Å². The summed E-state index contributed by atoms with van der Waals surface area (Å²) in [6.45, 7) is 8.58. The third-order valence-electron chi connectivity index (χ3n) is 2.68. The van der Waals surface area contributed by atoms with Crippen molar-refractivity contribution in [2.24, 2.45) is 0 Å². The van der Waals surface area contributed by atoms with Crippen molar-refractivity contribution in [1.82, 2.24) is 0 Å². The maximum absolute atomic E-state index is 4.08. The van der Waals surface area contributed by atoms with Gasteiger partial charge in [0.15, 0.2) is 0 Å². The topological polar surface area (TPSA) is 0 Å². The first kappa shape index (κ1) is 14.5. The van der Waals surface area contributed by atoms with Gasteiger partial charge in [0, 0.05) is 0 Å². The van der Waals surface area contributed by atoms with Crippen molar-refractivity contribution in [2.45, 2.75) is 71.6 Å². The molecule has 0 aliphatic carbocycles. The number of unbranched alkanes of at least 4 members (excludes halogenated alkanes) is 6. The van der Waals surface area contributed by atoms with Gasteiger partial charge >= 0.3 is 0 Å². The number of hydrogen-bond acceptors (Lipinski definition) is 0. The highest BCUT2D eigenvalue weighted by Gasteiger charge is 1.90. The highest BCUT2D eigenvalue weighted by atomic mass is 14.0. The number of allylic oxidation sites excluding steroid dienone is 3. The van der Waals surface area contributed by atoms with Crippen LogP contribution in [0.4, 0.5) is 0 Å². The predicted molar refractivity (Wildman–Crippen MR) is 71.2 cm³/mol. The van der Waals surface area contributed by atoms with Crippen LogP contribution >= 0.6 is 0 Å². The molecule has 0 bridgehead atoms. The molecule has 0 aromatic heterocycles. The Bertz CT molecular complexity index is 165. The Labute approximate surface area is 96.5 Å². The summed E-state index contributed by atoms with van der Waals surface area (Å²) < 4.78 is 0. The van der Waals surface area contributed by atoms with Gasteiger partial charge in [-0.05, 0) is 25.7 Å². The Hall–Kier alpha value is -0.520. The summed E-state index contributed by atoms with van der Waals surface area (Å²) in [5, 5.41) is 0. The molecule has 0 N–H and O–H groups in total. The Morgan fingerprint density at radius 1 is 0.933 bits per heavy atom. The van der Waals surface area contributed by atoms with Crippen molar-refractivity contribution in [1.29, 1.82) is 0 Å². The quantitative estimate of drug-likeness (QED) is 0.321. The SMILES string of the molecule is C=C(/C=C/CCCCC)CCCCCC. The second kappa shape index (κ2) is 11.6. The Kier molecular flexibility index (Phi) is 11.2. The smallest absolute Gasteiger partial charge is 0.0285 e. The Morgan fingerprint density at radius 2 is 1.60 bits per heavy atom. The summed E-state index contributed by atoms with van der Waals surface area (Å²) in [6, 6.07) is 0. The van der Waals surface area contributed by atoms with Gasteiger partial charge in [-0.3, -0.25) is 0 Å². The lowest BCUT2D eigenvalue weighted by molar-refractivity contribution is 0.668. The van der Waals surface area contributed by atoms with Gasteiger partial charge in [-0.25, -0.2) is 0 Å². The first-order chi connectivity index (χ1) is 7.31. The largest absolute Gasteiger partial charge is 0.0958 e. The van der Waals surface area contributed by atoms with Gasteiger partial charge in [0.25, 0.3) is 0 Å². The van der Waals surface area contributed by atoms with Gasteiger partial charge in [0.1, 0.15) is 0 Å². The zero-order valence-corrected chi connectivity index (χ0v) is 10.7. The number of rotatable bonds is 10. The molecule has 15 heavy (non-hydrogen) atoms. The fourth-order valence-corrected chi connectivity index (χ4v) is 1.62. The summed E-state index contributed by atoms with van der Waals surface area (Å²) >= 11 is 0. The van der Waals surface area contributed by atoms with E-state index in [1.54, 1.807) is 0 Å². The van der Waals surface area contributed by atoms with E-state index in [-0.39, 0.29) is 0 Å². The molecule has 0 atom stereocenters. The van der Waals surface area contributed by atoms with E-state index in [1.165, 1.54) is 63.4 Å². The maximum atomic E-state index is 4.08. The average Bonchev–Trinajstić information content (AvgIpc) is 2.24. The molecule has 0 nitrogen and oxygen atoms in total. The van der Waals surface area contributed by atoms with Gasteiger partial charge in [0.05, 0.1) is 0 Å². The molecule has 0 radical (unpaired) electrons. The third kappa shape index (κ3) is 11.4. The average molecular weight is 208 g/mol. The third-order valence-corrected chi connectivity index (χ3v) is 2.68. The fourth-order valence-electron chi connectivity index (χ4n) is 1.62. The lowest BCUT2D eigenvalue weighted by Gasteiger charge is -1.99. The van der Waals surface area contributed by atoms with Crippen molar-refractivity contribution < 1.29 is 0 Å². The van der Waals surface area contributed by atoms with E-state index in [9.17, 15) is 0 Å². The van der Waals surface area contributed by atoms with Crippen LogP contribution in [0.1, 0.15) is 71.6 Å². The molecule has 0 aliphatic rings. The molecule has 0 aromatic carbocycles. The zero-order chi connectivity index (χ0) is 11.4. The minimum absolute atomic E-state index is 1.18. The van der Waals surface area contributed by atoms with E-state index in [1.807, 2.05) is 0 Å². The lowest BCUT2D eigenvalue weighted by Crippen LogP contribution is -1.79. The molecule has 0 saturated carbocycles. The molecule has 0 amide bonds. The van der Waals surface area contributed by atoms with Crippen LogP contribution in [0.5, 0.6) is 0 Å². The minimum atomic E-state index is 1.18. The fraction of sp³-hybridized carbons (Fsp3) is 0.733. The van der Waals surface area contributed by atoms with E-state index >= 15 is 0 Å². The van der Waals surface area contributed by atoms with Crippen molar-refractivity contribution in [3.8, 4) is 0 Å². The van der Waals surface area contributed by atoms with E-state index in [0.29, 0.717) is 0 Å². The molecule has 0 saturated heterocycles. The first-order valence-electron chi connectivity index (χ1n) is 6.65. The maximum Gasteiger partial charge on any atom is -0.0285 e. The monoisotopic (exact) mass is 208 g/mol. The summed E-state index contributed by atoms with van der Waals surface area (Å²) in [7, 11) is 0. The normalized spacial score (nSPS) is 11.1. The second-order valence-corrected chi connectivity index (χ2v) is 4.37. The van der Waals surface area contributed by atoms with Gasteiger partial charge < -0.3 is 0 Å². The van der Waals surface area contributed by atoms with Crippen LogP contribution in [0.3, 0.4) is 0 Å². The molecule has 0 rings (SSSR count). The van der Waals surface area contributed by atoms with Crippen molar-refractivity contribution in [3.63, 3.8) is 0 Å². The molecule has 0 spiro atoms. The summed E-state index contributed by atoms with van der Waals surface area (Å²) in [5.74, 6) is 0. The van der Waals surface area contributed by atoms with E-state index < -0.39 is 0 Å². The molecular weight excluding hydrogens is 180 g/mol. The van der Waals surface area contributed by atoms with Gasteiger partial charge in [-0.1, -0.05) is 70.3 Å². The minimum Gasteiger partial charge on any atom is -0.0958 e. The van der Waals surface area contributed by atoms with Crippen LogP contribution in [0.25, 0.3) is 0 Å². The van der Waals surface area contributed by atoms with Crippen molar-refractivity contribution in [2.75, 3.05) is 0 Å². The van der Waals surface area contributed by atoms with Gasteiger partial charge in [-0.15, -0.1) is 0 Å². The lowest BCUT2D eigenvalue weighted by atomic mass is 10.1.